The largest absolute Gasteiger partial charge is 0.452 e. The maximum Gasteiger partial charge on any atom is 0.425 e. The summed E-state index contributed by atoms with van der Waals surface area (Å²) in [5, 5.41) is -0.187. The van der Waals surface area contributed by atoms with Crippen molar-refractivity contribution in [3.63, 3.8) is 0 Å². The fraction of sp³-hybridized carbons (Fsp3) is 0.417. The lowest BCUT2D eigenvalue weighted by molar-refractivity contribution is -0.208. The highest BCUT2D eigenvalue weighted by molar-refractivity contribution is 6.30. The van der Waals surface area contributed by atoms with Gasteiger partial charge in [0, 0.05) is 12.0 Å². The molecule has 2 rings (SSSR count). The van der Waals surface area contributed by atoms with Gasteiger partial charge in [0.05, 0.1) is 10.6 Å². The Morgan fingerprint density at radius 2 is 2.10 bits per heavy atom. The molecule has 1 aromatic rings. The van der Waals surface area contributed by atoms with E-state index >= 15 is 0 Å². The van der Waals surface area contributed by atoms with Gasteiger partial charge in [0.25, 0.3) is 6.02 Å². The van der Waals surface area contributed by atoms with E-state index in [9.17, 15) is 17.6 Å². The highest BCUT2D eigenvalue weighted by Crippen LogP contribution is 2.41. The predicted octanol–water partition coefficient (Wildman–Crippen LogP) is 3.36. The van der Waals surface area contributed by atoms with Crippen molar-refractivity contribution in [1.29, 1.82) is 0 Å². The van der Waals surface area contributed by atoms with Crippen LogP contribution in [0.4, 0.5) is 17.6 Å². The standard InChI is InChI=1S/C12H11ClF4N2O/c1-11(6-3-2-4-7(13)9(6)14)5-8(12(15,16)17)20-10(18)19-11/h2-4,8H,5H2,1H3,(H2,18,19)/t8-,11-/m0/s1. The number of ether oxygens (including phenoxy) is 1. The molecule has 110 valence electrons. The van der Waals surface area contributed by atoms with Gasteiger partial charge in [0.1, 0.15) is 5.82 Å². The third kappa shape index (κ3) is 2.67. The van der Waals surface area contributed by atoms with Crippen LogP contribution in [0.25, 0.3) is 0 Å². The lowest BCUT2D eigenvalue weighted by Crippen LogP contribution is -2.46. The van der Waals surface area contributed by atoms with Gasteiger partial charge in [-0.05, 0) is 13.0 Å². The number of benzene rings is 1. The summed E-state index contributed by atoms with van der Waals surface area (Å²) in [4.78, 5) is 3.82. The molecule has 3 nitrogen and oxygen atoms in total. The Balaban J connectivity index is 2.48. The van der Waals surface area contributed by atoms with Gasteiger partial charge < -0.3 is 10.5 Å². The Morgan fingerprint density at radius 1 is 1.45 bits per heavy atom. The minimum Gasteiger partial charge on any atom is -0.452 e. The summed E-state index contributed by atoms with van der Waals surface area (Å²) >= 11 is 5.65. The summed E-state index contributed by atoms with van der Waals surface area (Å²) in [6.45, 7) is 1.36. The quantitative estimate of drug-likeness (QED) is 0.809. The van der Waals surface area contributed by atoms with Gasteiger partial charge in [-0.2, -0.15) is 13.2 Å². The second-order valence-corrected chi connectivity index (χ2v) is 5.08. The van der Waals surface area contributed by atoms with Gasteiger partial charge in [-0.1, -0.05) is 23.7 Å². The molecule has 0 amide bonds. The van der Waals surface area contributed by atoms with E-state index in [1.54, 1.807) is 0 Å². The average molecular weight is 311 g/mol. The molecule has 2 atom stereocenters. The van der Waals surface area contributed by atoms with E-state index in [-0.39, 0.29) is 10.6 Å². The highest BCUT2D eigenvalue weighted by Gasteiger charge is 2.50. The van der Waals surface area contributed by atoms with Gasteiger partial charge in [-0.15, -0.1) is 0 Å². The first-order chi connectivity index (χ1) is 9.13. The number of halogens is 5. The van der Waals surface area contributed by atoms with Gasteiger partial charge in [0.2, 0.25) is 0 Å². The van der Waals surface area contributed by atoms with Gasteiger partial charge in [-0.3, -0.25) is 0 Å². The summed E-state index contributed by atoms with van der Waals surface area (Å²) in [6, 6.07) is 3.45. The lowest BCUT2D eigenvalue weighted by Gasteiger charge is -2.35. The molecule has 1 heterocycles. The molecule has 1 aliphatic rings. The molecule has 1 aliphatic heterocycles. The molecular formula is C12H11ClF4N2O. The fourth-order valence-electron chi connectivity index (χ4n) is 2.14. The first-order valence-corrected chi connectivity index (χ1v) is 6.04. The van der Waals surface area contributed by atoms with E-state index < -0.39 is 36.1 Å². The van der Waals surface area contributed by atoms with Crippen molar-refractivity contribution < 1.29 is 22.3 Å². The maximum absolute atomic E-state index is 14.0. The first kappa shape index (κ1) is 14.9. The number of hydrogen-bond donors (Lipinski definition) is 1. The smallest absolute Gasteiger partial charge is 0.425 e. The van der Waals surface area contributed by atoms with Crippen molar-refractivity contribution >= 4 is 17.6 Å². The van der Waals surface area contributed by atoms with Crippen LogP contribution >= 0.6 is 11.6 Å². The van der Waals surface area contributed by atoms with E-state index in [0.717, 1.165) is 0 Å². The summed E-state index contributed by atoms with van der Waals surface area (Å²) in [5.41, 5.74) is 3.76. The number of hydrogen-bond acceptors (Lipinski definition) is 3. The average Bonchev–Trinajstić information content (AvgIpc) is 2.30. The molecule has 0 spiro atoms. The van der Waals surface area contributed by atoms with Crippen LogP contribution < -0.4 is 5.73 Å². The molecule has 0 bridgehead atoms. The minimum atomic E-state index is -4.61. The molecule has 0 saturated carbocycles. The molecule has 0 aliphatic carbocycles. The summed E-state index contributed by atoms with van der Waals surface area (Å²) in [5.74, 6) is -0.809. The van der Waals surface area contributed by atoms with Crippen LogP contribution in [-0.4, -0.2) is 18.3 Å². The van der Waals surface area contributed by atoms with Gasteiger partial charge in [0.15, 0.2) is 6.10 Å². The zero-order chi connectivity index (χ0) is 15.1. The molecule has 2 N–H and O–H groups in total. The molecular weight excluding hydrogens is 300 g/mol. The monoisotopic (exact) mass is 310 g/mol. The van der Waals surface area contributed by atoms with E-state index in [1.807, 2.05) is 0 Å². The third-order valence-electron chi connectivity index (χ3n) is 3.10. The molecule has 0 fully saturated rings. The molecule has 20 heavy (non-hydrogen) atoms. The third-order valence-corrected chi connectivity index (χ3v) is 3.39. The van der Waals surface area contributed by atoms with Crippen LogP contribution in [0.15, 0.2) is 23.2 Å². The number of amidine groups is 1. The van der Waals surface area contributed by atoms with Crippen LogP contribution in [-0.2, 0) is 10.3 Å². The SMILES string of the molecule is C[C@@]1(c2cccc(Cl)c2F)C[C@@H](C(F)(F)F)OC(N)=N1. The minimum absolute atomic E-state index is 0.0505. The molecule has 8 heteroatoms. The number of alkyl halides is 3. The number of aliphatic imine (C=N–C) groups is 1. The highest BCUT2D eigenvalue weighted by atomic mass is 35.5. The zero-order valence-electron chi connectivity index (χ0n) is 10.3. The zero-order valence-corrected chi connectivity index (χ0v) is 11.1. The first-order valence-electron chi connectivity index (χ1n) is 5.67. The molecule has 0 unspecified atom stereocenters. The van der Waals surface area contributed by atoms with E-state index in [0.29, 0.717) is 0 Å². The lowest BCUT2D eigenvalue weighted by atomic mass is 9.85. The normalized spacial score (nSPS) is 26.9. The Labute approximate surface area is 117 Å². The van der Waals surface area contributed by atoms with Gasteiger partial charge >= 0.3 is 6.18 Å². The Hall–Kier alpha value is -1.50. The molecule has 0 saturated heterocycles. The van der Waals surface area contributed by atoms with Crippen molar-refractivity contribution in [2.45, 2.75) is 31.2 Å². The molecule has 1 aromatic carbocycles. The van der Waals surface area contributed by atoms with Crippen molar-refractivity contribution in [2.24, 2.45) is 10.7 Å². The number of rotatable bonds is 1. The Bertz CT molecular complexity index is 561. The van der Waals surface area contributed by atoms with Crippen molar-refractivity contribution in [3.8, 4) is 0 Å². The maximum atomic E-state index is 14.0. The fourth-order valence-corrected chi connectivity index (χ4v) is 2.31. The summed E-state index contributed by atoms with van der Waals surface area (Å²) < 4.78 is 56.9. The number of nitrogens with zero attached hydrogens (tertiary/aromatic N) is 1. The van der Waals surface area contributed by atoms with Crippen molar-refractivity contribution in [3.05, 3.63) is 34.6 Å². The van der Waals surface area contributed by atoms with Crippen LogP contribution in [0.1, 0.15) is 18.9 Å². The molecule has 0 aromatic heterocycles. The molecule has 0 radical (unpaired) electrons. The van der Waals surface area contributed by atoms with Crippen LogP contribution in [0.5, 0.6) is 0 Å². The van der Waals surface area contributed by atoms with Gasteiger partial charge in [-0.25, -0.2) is 9.38 Å². The topological polar surface area (TPSA) is 47.6 Å². The second-order valence-electron chi connectivity index (χ2n) is 4.68. The van der Waals surface area contributed by atoms with Crippen LogP contribution in [0.3, 0.4) is 0 Å². The van der Waals surface area contributed by atoms with E-state index in [1.165, 1.54) is 25.1 Å². The summed E-state index contributed by atoms with van der Waals surface area (Å²) in [6.07, 6.45) is -7.32. The van der Waals surface area contributed by atoms with E-state index in [4.69, 9.17) is 17.3 Å². The number of nitrogens with two attached hydrogens (primary N) is 1. The Morgan fingerprint density at radius 3 is 2.70 bits per heavy atom. The van der Waals surface area contributed by atoms with Crippen LogP contribution in [0, 0.1) is 5.82 Å². The predicted molar refractivity (Wildman–Crippen MR) is 65.9 cm³/mol. The van der Waals surface area contributed by atoms with Crippen LogP contribution in [0.2, 0.25) is 5.02 Å². The van der Waals surface area contributed by atoms with E-state index in [2.05, 4.69) is 9.73 Å². The second kappa shape index (κ2) is 4.80. The Kier molecular flexibility index (Phi) is 3.58. The van der Waals surface area contributed by atoms with Crippen molar-refractivity contribution in [2.75, 3.05) is 0 Å². The van der Waals surface area contributed by atoms with Crippen molar-refractivity contribution in [1.82, 2.24) is 0 Å². The summed E-state index contributed by atoms with van der Waals surface area (Å²) in [7, 11) is 0.